The van der Waals surface area contributed by atoms with Gasteiger partial charge < -0.3 is 10.6 Å². The van der Waals surface area contributed by atoms with E-state index in [-0.39, 0.29) is 34.9 Å². The van der Waals surface area contributed by atoms with E-state index in [2.05, 4.69) is 15.4 Å². The summed E-state index contributed by atoms with van der Waals surface area (Å²) < 4.78 is 40.5. The summed E-state index contributed by atoms with van der Waals surface area (Å²) in [5.41, 5.74) is 0.378. The number of nitrogens with one attached hydrogen (secondary N) is 3. The standard InChI is InChI=1S/C21H19FN4O5S/c22-15-9-11-16(12-10-15)32(30,31)25-18-6-2-1-5-17(18)21(27)24-14-13-23-19-7-3-4-8-20(19)26(28)29/h1-12,23,25H,13-14H2,(H,24,27). The van der Waals surface area contributed by atoms with Crippen molar-refractivity contribution in [2.45, 2.75) is 4.90 Å². The molecule has 3 rings (SSSR count). The van der Waals surface area contributed by atoms with Gasteiger partial charge in [-0.2, -0.15) is 0 Å². The maximum atomic E-state index is 13.1. The van der Waals surface area contributed by atoms with Crippen molar-refractivity contribution < 1.29 is 22.5 Å². The van der Waals surface area contributed by atoms with Crippen LogP contribution in [0.2, 0.25) is 0 Å². The molecule has 0 aliphatic carbocycles. The van der Waals surface area contributed by atoms with Gasteiger partial charge in [-0.05, 0) is 42.5 Å². The van der Waals surface area contributed by atoms with E-state index >= 15 is 0 Å². The Balaban J connectivity index is 1.64. The number of carbonyl (C=O) groups excluding carboxylic acids is 1. The van der Waals surface area contributed by atoms with Crippen molar-refractivity contribution in [2.24, 2.45) is 0 Å². The zero-order valence-electron chi connectivity index (χ0n) is 16.6. The van der Waals surface area contributed by atoms with E-state index in [1.807, 2.05) is 0 Å². The van der Waals surface area contributed by atoms with Crippen LogP contribution >= 0.6 is 0 Å². The lowest BCUT2D eigenvalue weighted by molar-refractivity contribution is -0.384. The van der Waals surface area contributed by atoms with Crippen LogP contribution in [0.3, 0.4) is 0 Å². The van der Waals surface area contributed by atoms with Gasteiger partial charge in [-0.15, -0.1) is 0 Å². The number of nitro groups is 1. The first-order chi connectivity index (χ1) is 15.3. The number of carbonyl (C=O) groups is 1. The average Bonchev–Trinajstić information content (AvgIpc) is 2.77. The maximum Gasteiger partial charge on any atom is 0.292 e. The third kappa shape index (κ3) is 5.58. The quantitative estimate of drug-likeness (QED) is 0.256. The van der Waals surface area contributed by atoms with Crippen LogP contribution < -0.4 is 15.4 Å². The number of halogens is 1. The highest BCUT2D eigenvalue weighted by molar-refractivity contribution is 7.92. The van der Waals surface area contributed by atoms with E-state index in [0.29, 0.717) is 5.69 Å². The molecule has 3 N–H and O–H groups in total. The van der Waals surface area contributed by atoms with Gasteiger partial charge in [0.2, 0.25) is 0 Å². The molecule has 0 fully saturated rings. The Hall–Kier alpha value is -3.99. The number of benzene rings is 3. The number of nitrogens with zero attached hydrogens (tertiary/aromatic N) is 1. The predicted octanol–water partition coefficient (Wildman–Crippen LogP) is 3.38. The van der Waals surface area contributed by atoms with Gasteiger partial charge in [-0.1, -0.05) is 24.3 Å². The minimum Gasteiger partial charge on any atom is -0.378 e. The Labute approximate surface area is 183 Å². The molecular weight excluding hydrogens is 439 g/mol. The van der Waals surface area contributed by atoms with Crippen molar-refractivity contribution in [3.8, 4) is 0 Å². The zero-order valence-corrected chi connectivity index (χ0v) is 17.4. The fraction of sp³-hybridized carbons (Fsp3) is 0.0952. The minimum absolute atomic E-state index is 0.0565. The lowest BCUT2D eigenvalue weighted by Crippen LogP contribution is -2.29. The number of nitro benzene ring substituents is 1. The van der Waals surface area contributed by atoms with Crippen LogP contribution in [-0.4, -0.2) is 32.3 Å². The van der Waals surface area contributed by atoms with Crippen LogP contribution in [0.25, 0.3) is 0 Å². The molecule has 9 nitrogen and oxygen atoms in total. The fourth-order valence-corrected chi connectivity index (χ4v) is 3.92. The number of rotatable bonds is 9. The van der Waals surface area contributed by atoms with Crippen molar-refractivity contribution >= 4 is 33.0 Å². The molecule has 11 heteroatoms. The summed E-state index contributed by atoms with van der Waals surface area (Å²) in [4.78, 5) is 23.0. The summed E-state index contributed by atoms with van der Waals surface area (Å²) in [5.74, 6) is -1.11. The molecule has 0 radical (unpaired) electrons. The van der Waals surface area contributed by atoms with E-state index in [0.717, 1.165) is 24.3 Å². The molecule has 3 aromatic rings. The van der Waals surface area contributed by atoms with Gasteiger partial charge in [-0.25, -0.2) is 12.8 Å². The van der Waals surface area contributed by atoms with Gasteiger partial charge in [0.15, 0.2) is 0 Å². The molecule has 32 heavy (non-hydrogen) atoms. The fourth-order valence-electron chi connectivity index (χ4n) is 2.84. The van der Waals surface area contributed by atoms with Gasteiger partial charge in [-0.3, -0.25) is 19.6 Å². The Morgan fingerprint density at radius 3 is 2.22 bits per heavy atom. The first-order valence-corrected chi connectivity index (χ1v) is 10.9. The Morgan fingerprint density at radius 1 is 0.906 bits per heavy atom. The molecule has 0 heterocycles. The second-order valence-electron chi connectivity index (χ2n) is 6.56. The van der Waals surface area contributed by atoms with Gasteiger partial charge >= 0.3 is 0 Å². The molecule has 166 valence electrons. The number of hydrogen-bond acceptors (Lipinski definition) is 6. The van der Waals surface area contributed by atoms with Crippen molar-refractivity contribution in [2.75, 3.05) is 23.1 Å². The highest BCUT2D eigenvalue weighted by Crippen LogP contribution is 2.23. The Kier molecular flexibility index (Phi) is 7.00. The summed E-state index contributed by atoms with van der Waals surface area (Å²) in [6.45, 7) is 0.337. The summed E-state index contributed by atoms with van der Waals surface area (Å²) in [6.07, 6.45) is 0. The molecule has 0 saturated heterocycles. The summed E-state index contributed by atoms with van der Waals surface area (Å²) in [5, 5.41) is 16.6. The van der Waals surface area contributed by atoms with E-state index in [1.54, 1.807) is 30.3 Å². The normalized spacial score (nSPS) is 10.9. The SMILES string of the molecule is O=C(NCCNc1ccccc1[N+](=O)[O-])c1ccccc1NS(=O)(=O)c1ccc(F)cc1. The van der Waals surface area contributed by atoms with Crippen molar-refractivity contribution in [3.05, 3.63) is 94.3 Å². The number of anilines is 2. The van der Waals surface area contributed by atoms with Gasteiger partial charge in [0.05, 0.1) is 21.1 Å². The third-order valence-corrected chi connectivity index (χ3v) is 5.75. The highest BCUT2D eigenvalue weighted by atomic mass is 32.2. The van der Waals surface area contributed by atoms with E-state index < -0.39 is 26.7 Å². The number of sulfonamides is 1. The number of amides is 1. The molecule has 1 amide bonds. The topological polar surface area (TPSA) is 130 Å². The average molecular weight is 458 g/mol. The van der Waals surface area contributed by atoms with Crippen molar-refractivity contribution in [3.63, 3.8) is 0 Å². The maximum absolute atomic E-state index is 13.1. The van der Waals surface area contributed by atoms with E-state index in [9.17, 15) is 27.7 Å². The summed E-state index contributed by atoms with van der Waals surface area (Å²) in [7, 11) is -4.03. The van der Waals surface area contributed by atoms with Crippen molar-refractivity contribution in [1.29, 1.82) is 0 Å². The lowest BCUT2D eigenvalue weighted by atomic mass is 10.1. The minimum atomic E-state index is -4.03. The van der Waals surface area contributed by atoms with E-state index in [4.69, 9.17) is 0 Å². The van der Waals surface area contributed by atoms with Crippen LogP contribution in [-0.2, 0) is 10.0 Å². The molecule has 0 aliphatic rings. The molecular formula is C21H19FN4O5S. The summed E-state index contributed by atoms with van der Waals surface area (Å²) >= 11 is 0. The molecule has 0 atom stereocenters. The number of hydrogen-bond donors (Lipinski definition) is 3. The molecule has 0 spiro atoms. The van der Waals surface area contributed by atoms with E-state index in [1.165, 1.54) is 18.2 Å². The second-order valence-corrected chi connectivity index (χ2v) is 8.24. The number of para-hydroxylation sites is 3. The van der Waals surface area contributed by atoms with Crippen LogP contribution in [0.15, 0.2) is 77.7 Å². The van der Waals surface area contributed by atoms with Crippen LogP contribution in [0.4, 0.5) is 21.5 Å². The Morgan fingerprint density at radius 2 is 1.53 bits per heavy atom. The largest absolute Gasteiger partial charge is 0.378 e. The zero-order chi connectivity index (χ0) is 23.1. The highest BCUT2D eigenvalue weighted by Gasteiger charge is 2.19. The molecule has 0 saturated carbocycles. The first kappa shape index (κ1) is 22.7. The Bertz CT molecular complexity index is 1230. The van der Waals surface area contributed by atoms with Crippen LogP contribution in [0, 0.1) is 15.9 Å². The second kappa shape index (κ2) is 9.88. The third-order valence-electron chi connectivity index (χ3n) is 4.37. The molecule has 0 aliphatic heterocycles. The molecule has 3 aromatic carbocycles. The lowest BCUT2D eigenvalue weighted by Gasteiger charge is -2.13. The smallest absolute Gasteiger partial charge is 0.292 e. The predicted molar refractivity (Wildman–Crippen MR) is 118 cm³/mol. The monoisotopic (exact) mass is 458 g/mol. The van der Waals surface area contributed by atoms with Crippen LogP contribution in [0.5, 0.6) is 0 Å². The molecule has 0 unspecified atom stereocenters. The van der Waals surface area contributed by atoms with Gasteiger partial charge in [0, 0.05) is 19.2 Å². The first-order valence-electron chi connectivity index (χ1n) is 9.41. The van der Waals surface area contributed by atoms with Crippen LogP contribution in [0.1, 0.15) is 10.4 Å². The van der Waals surface area contributed by atoms with Gasteiger partial charge in [0.25, 0.3) is 21.6 Å². The molecule has 0 aromatic heterocycles. The summed E-state index contributed by atoms with van der Waals surface area (Å²) in [6, 6.07) is 16.4. The van der Waals surface area contributed by atoms with Gasteiger partial charge in [0.1, 0.15) is 11.5 Å². The molecule has 0 bridgehead atoms. The van der Waals surface area contributed by atoms with Crippen molar-refractivity contribution in [1.82, 2.24) is 5.32 Å².